The van der Waals surface area contributed by atoms with Gasteiger partial charge >= 0.3 is 18.2 Å². The van der Waals surface area contributed by atoms with E-state index >= 15 is 0 Å². The van der Waals surface area contributed by atoms with Crippen molar-refractivity contribution < 1.29 is 32.2 Å². The van der Waals surface area contributed by atoms with Crippen molar-refractivity contribution in [1.29, 1.82) is 0 Å². The Hall–Kier alpha value is -2.77. The number of amides is 1. The molecule has 1 atom stereocenters. The summed E-state index contributed by atoms with van der Waals surface area (Å²) in [6.45, 7) is 6.83. The number of hydrogen-bond acceptors (Lipinski definition) is 4. The lowest BCUT2D eigenvalue weighted by Gasteiger charge is -2.36. The van der Waals surface area contributed by atoms with E-state index in [-0.39, 0.29) is 25.4 Å². The molecule has 1 aliphatic rings. The molecule has 0 fully saturated rings. The van der Waals surface area contributed by atoms with Gasteiger partial charge in [0.2, 0.25) is 0 Å². The quantitative estimate of drug-likeness (QED) is 0.653. The maximum absolute atomic E-state index is 13.0. The third-order valence-electron chi connectivity index (χ3n) is 4.38. The molecule has 0 saturated heterocycles. The highest BCUT2D eigenvalue weighted by molar-refractivity contribution is 5.70. The zero-order chi connectivity index (χ0) is 22.6. The van der Waals surface area contributed by atoms with Crippen LogP contribution in [0.2, 0.25) is 0 Å². The summed E-state index contributed by atoms with van der Waals surface area (Å²) in [6, 6.07) is 4.59. The summed E-state index contributed by atoms with van der Waals surface area (Å²) in [5, 5.41) is 2.78. The van der Waals surface area contributed by atoms with Gasteiger partial charge in [0.25, 0.3) is 0 Å². The minimum Gasteiger partial charge on any atom is -0.461 e. The molecular weight excluding hydrogens is 399 g/mol. The van der Waals surface area contributed by atoms with Gasteiger partial charge in [-0.05, 0) is 44.0 Å². The maximum Gasteiger partial charge on any atom is 0.416 e. The average molecular weight is 425 g/mol. The smallest absolute Gasteiger partial charge is 0.416 e. The molecular formula is C22H26F3NO4. The minimum absolute atomic E-state index is 0.0232. The molecule has 1 aromatic rings. The van der Waals surface area contributed by atoms with Gasteiger partial charge in [-0.25, -0.2) is 4.79 Å². The van der Waals surface area contributed by atoms with Crippen LogP contribution in [0.3, 0.4) is 0 Å². The maximum atomic E-state index is 13.0. The molecule has 1 amide bonds. The summed E-state index contributed by atoms with van der Waals surface area (Å²) < 4.78 is 49.4. The van der Waals surface area contributed by atoms with E-state index in [1.807, 2.05) is 0 Å². The number of esters is 1. The van der Waals surface area contributed by atoms with Gasteiger partial charge in [0.05, 0.1) is 11.1 Å². The Morgan fingerprint density at radius 2 is 1.77 bits per heavy atom. The molecule has 0 heterocycles. The van der Waals surface area contributed by atoms with Gasteiger partial charge in [0.15, 0.2) is 0 Å². The third kappa shape index (κ3) is 6.37. The number of benzene rings is 1. The summed E-state index contributed by atoms with van der Waals surface area (Å²) in [4.78, 5) is 24.0. The molecule has 0 spiro atoms. The van der Waals surface area contributed by atoms with E-state index in [1.54, 1.807) is 45.9 Å². The minimum atomic E-state index is -4.47. The van der Waals surface area contributed by atoms with Crippen molar-refractivity contribution in [3.8, 4) is 0 Å². The lowest BCUT2D eigenvalue weighted by atomic mass is 9.80. The number of rotatable bonds is 5. The Morgan fingerprint density at radius 3 is 2.30 bits per heavy atom. The molecule has 30 heavy (non-hydrogen) atoms. The lowest BCUT2D eigenvalue weighted by molar-refractivity contribution is -0.142. The summed E-state index contributed by atoms with van der Waals surface area (Å²) >= 11 is 0. The Balaban J connectivity index is 2.34. The van der Waals surface area contributed by atoms with Crippen molar-refractivity contribution in [3.63, 3.8) is 0 Å². The number of nitrogens with one attached hydrogen (secondary N) is 1. The fraction of sp³-hybridized carbons (Fsp3) is 0.455. The van der Waals surface area contributed by atoms with Crippen molar-refractivity contribution in [2.24, 2.45) is 0 Å². The normalized spacial score (nSPS) is 19.1. The third-order valence-corrected chi connectivity index (χ3v) is 4.38. The lowest BCUT2D eigenvalue weighted by Crippen LogP contribution is -2.47. The predicted octanol–water partition coefficient (Wildman–Crippen LogP) is 5.26. The van der Waals surface area contributed by atoms with E-state index in [9.17, 15) is 22.8 Å². The molecule has 0 saturated carbocycles. The summed E-state index contributed by atoms with van der Waals surface area (Å²) in [6.07, 6.45) is 0.375. The van der Waals surface area contributed by atoms with Gasteiger partial charge in [-0.15, -0.1) is 0 Å². The van der Waals surface area contributed by atoms with Crippen LogP contribution in [0, 0.1) is 0 Å². The number of hydrogen-bond donors (Lipinski definition) is 1. The van der Waals surface area contributed by atoms with Crippen LogP contribution in [-0.4, -0.2) is 24.3 Å². The average Bonchev–Trinajstić information content (AvgIpc) is 2.64. The first-order valence-electron chi connectivity index (χ1n) is 9.56. The van der Waals surface area contributed by atoms with E-state index in [1.165, 1.54) is 12.1 Å². The number of alkyl halides is 3. The molecule has 0 aliphatic heterocycles. The van der Waals surface area contributed by atoms with Crippen LogP contribution in [-0.2, 0) is 26.0 Å². The van der Waals surface area contributed by atoms with Crippen LogP contribution < -0.4 is 5.32 Å². The van der Waals surface area contributed by atoms with E-state index in [4.69, 9.17) is 9.47 Å². The largest absolute Gasteiger partial charge is 0.461 e. The number of alkyl carbamates (subject to hydrolysis) is 1. The van der Waals surface area contributed by atoms with Crippen LogP contribution in [0.1, 0.15) is 51.7 Å². The van der Waals surface area contributed by atoms with Crippen LogP contribution in [0.5, 0.6) is 0 Å². The predicted molar refractivity (Wildman–Crippen MR) is 106 cm³/mol. The summed E-state index contributed by atoms with van der Waals surface area (Å²) in [5.74, 6) is -0.370. The first-order chi connectivity index (χ1) is 13.8. The molecule has 1 aromatic carbocycles. The van der Waals surface area contributed by atoms with Gasteiger partial charge in [0, 0.05) is 12.8 Å². The topological polar surface area (TPSA) is 64.6 Å². The van der Waals surface area contributed by atoms with Gasteiger partial charge in [0.1, 0.15) is 12.2 Å². The van der Waals surface area contributed by atoms with Crippen LogP contribution in [0.25, 0.3) is 0 Å². The highest BCUT2D eigenvalue weighted by atomic mass is 19.4. The zero-order valence-corrected chi connectivity index (χ0v) is 17.4. The van der Waals surface area contributed by atoms with Crippen molar-refractivity contribution in [2.75, 3.05) is 6.61 Å². The Kier molecular flexibility index (Phi) is 7.00. The second-order valence-electron chi connectivity index (χ2n) is 8.05. The molecule has 1 N–H and O–H groups in total. The van der Waals surface area contributed by atoms with Gasteiger partial charge < -0.3 is 14.8 Å². The van der Waals surface area contributed by atoms with E-state index in [0.29, 0.717) is 11.1 Å². The first kappa shape index (κ1) is 23.5. The highest BCUT2D eigenvalue weighted by Gasteiger charge is 2.37. The Bertz CT molecular complexity index is 835. The number of carbonyl (C=O) groups excluding carboxylic acids is 2. The molecule has 1 aliphatic carbocycles. The van der Waals surface area contributed by atoms with Crippen LogP contribution in [0.4, 0.5) is 18.0 Å². The first-order valence-corrected chi connectivity index (χ1v) is 9.56. The van der Waals surface area contributed by atoms with Gasteiger partial charge in [-0.2, -0.15) is 13.2 Å². The Morgan fingerprint density at radius 1 is 1.13 bits per heavy atom. The fourth-order valence-corrected chi connectivity index (χ4v) is 3.00. The van der Waals surface area contributed by atoms with Gasteiger partial charge in [-0.3, -0.25) is 4.79 Å². The number of carbonyl (C=O) groups is 2. The molecule has 0 bridgehead atoms. The fourth-order valence-electron chi connectivity index (χ4n) is 3.00. The van der Waals surface area contributed by atoms with E-state index in [2.05, 4.69) is 5.32 Å². The molecule has 164 valence electrons. The molecule has 0 unspecified atom stereocenters. The van der Waals surface area contributed by atoms with E-state index in [0.717, 1.165) is 12.1 Å². The number of halogens is 3. The standard InChI is InChI=1S/C22H26F3NO4/c1-5-18(27)29-14-15-7-6-12-21(13-15,26-19(28)30-20(2,3)4)16-8-10-17(11-9-16)22(23,24)25/h6-12H,5,13-14H2,1-4H3,(H,26,28)/t21-/m0/s1. The van der Waals surface area contributed by atoms with Gasteiger partial charge in [-0.1, -0.05) is 37.3 Å². The number of ether oxygens (including phenoxy) is 2. The SMILES string of the molecule is CCC(=O)OCC1=CC=C[C@@](NC(=O)OC(C)(C)C)(c2ccc(C(F)(F)F)cc2)C1. The van der Waals surface area contributed by atoms with Crippen molar-refractivity contribution in [3.05, 3.63) is 59.2 Å². The second-order valence-corrected chi connectivity index (χ2v) is 8.05. The molecule has 8 heteroatoms. The van der Waals surface area contributed by atoms with E-state index < -0.39 is 29.0 Å². The van der Waals surface area contributed by atoms with Crippen molar-refractivity contribution in [1.82, 2.24) is 5.32 Å². The molecule has 0 aromatic heterocycles. The molecule has 0 radical (unpaired) electrons. The van der Waals surface area contributed by atoms with Crippen LogP contribution >= 0.6 is 0 Å². The summed E-state index contributed by atoms with van der Waals surface area (Å²) in [5.41, 5.74) is -1.53. The van der Waals surface area contributed by atoms with Crippen molar-refractivity contribution in [2.45, 2.75) is 57.9 Å². The second kappa shape index (κ2) is 8.93. The highest BCUT2D eigenvalue weighted by Crippen LogP contribution is 2.36. The Labute approximate surface area is 173 Å². The monoisotopic (exact) mass is 425 g/mol. The zero-order valence-electron chi connectivity index (χ0n) is 17.4. The summed E-state index contributed by atoms with van der Waals surface area (Å²) in [7, 11) is 0. The molecule has 5 nitrogen and oxygen atoms in total. The van der Waals surface area contributed by atoms with Crippen LogP contribution in [0.15, 0.2) is 48.1 Å². The molecule has 2 rings (SSSR count). The van der Waals surface area contributed by atoms with Crippen molar-refractivity contribution >= 4 is 12.1 Å². The number of allylic oxidation sites excluding steroid dienone is 2.